The van der Waals surface area contributed by atoms with Crippen LogP contribution in [-0.2, 0) is 16.6 Å². The van der Waals surface area contributed by atoms with Crippen LogP contribution in [0.3, 0.4) is 0 Å². The van der Waals surface area contributed by atoms with Crippen LogP contribution in [0.15, 0.2) is 41.1 Å². The topological polar surface area (TPSA) is 110 Å². The maximum absolute atomic E-state index is 13.2. The highest BCUT2D eigenvalue weighted by Crippen LogP contribution is 2.49. The Bertz CT molecular complexity index is 1350. The van der Waals surface area contributed by atoms with E-state index in [0.29, 0.717) is 5.82 Å². The quantitative estimate of drug-likeness (QED) is 0.457. The molecule has 0 saturated heterocycles. The SMILES string of the molecule is CC(C)(C)c1noc(C(=O)NC2CCCCc3cc(-c4ccnc(NC(=O)C5CC5(F)F)c4)ccc32)n1. The number of rotatable bonds is 5. The first-order valence-corrected chi connectivity index (χ1v) is 12.4. The van der Waals surface area contributed by atoms with E-state index in [1.165, 1.54) is 0 Å². The van der Waals surface area contributed by atoms with Crippen molar-refractivity contribution < 1.29 is 22.9 Å². The molecule has 2 unspecified atom stereocenters. The van der Waals surface area contributed by atoms with Crippen molar-refractivity contribution in [2.24, 2.45) is 5.92 Å². The van der Waals surface area contributed by atoms with E-state index in [4.69, 9.17) is 4.52 Å². The molecule has 0 radical (unpaired) electrons. The van der Waals surface area contributed by atoms with Crippen molar-refractivity contribution in [1.29, 1.82) is 0 Å². The van der Waals surface area contributed by atoms with Crippen LogP contribution in [0.4, 0.5) is 14.6 Å². The van der Waals surface area contributed by atoms with E-state index in [-0.39, 0.29) is 23.2 Å². The van der Waals surface area contributed by atoms with Gasteiger partial charge in [-0.3, -0.25) is 9.59 Å². The summed E-state index contributed by atoms with van der Waals surface area (Å²) in [5.74, 6) is -4.68. The van der Waals surface area contributed by atoms with Crippen LogP contribution in [0, 0.1) is 5.92 Å². The van der Waals surface area contributed by atoms with E-state index >= 15 is 0 Å². The number of hydrogen-bond donors (Lipinski definition) is 2. The predicted octanol–water partition coefficient (Wildman–Crippen LogP) is 5.22. The third kappa shape index (κ3) is 5.38. The molecule has 1 aromatic carbocycles. The minimum atomic E-state index is -2.93. The van der Waals surface area contributed by atoms with Crippen molar-refractivity contribution in [3.8, 4) is 11.1 Å². The number of amides is 2. The number of anilines is 1. The molecule has 5 rings (SSSR count). The van der Waals surface area contributed by atoms with Gasteiger partial charge < -0.3 is 15.2 Å². The molecule has 2 aromatic heterocycles. The largest absolute Gasteiger partial charge is 0.341 e. The van der Waals surface area contributed by atoms with Gasteiger partial charge in [-0.05, 0) is 53.6 Å². The van der Waals surface area contributed by atoms with Crippen LogP contribution in [-0.4, -0.2) is 32.9 Å². The third-order valence-electron chi connectivity index (χ3n) is 6.79. The number of benzene rings is 1. The fraction of sp³-hybridized carbons (Fsp3) is 0.444. The molecule has 2 heterocycles. The fourth-order valence-electron chi connectivity index (χ4n) is 4.54. The molecule has 10 heteroatoms. The molecule has 194 valence electrons. The van der Waals surface area contributed by atoms with E-state index in [1.54, 1.807) is 18.3 Å². The Labute approximate surface area is 213 Å². The lowest BCUT2D eigenvalue weighted by Crippen LogP contribution is -2.29. The number of hydrogen-bond acceptors (Lipinski definition) is 6. The fourth-order valence-corrected chi connectivity index (χ4v) is 4.54. The van der Waals surface area contributed by atoms with E-state index in [9.17, 15) is 18.4 Å². The molecule has 8 nitrogen and oxygen atoms in total. The van der Waals surface area contributed by atoms with Gasteiger partial charge in [0.1, 0.15) is 11.7 Å². The van der Waals surface area contributed by atoms with Crippen molar-refractivity contribution >= 4 is 17.6 Å². The number of carbonyl (C=O) groups is 2. The molecule has 2 N–H and O–H groups in total. The molecular formula is C27H29F2N5O3. The number of aryl methyl sites for hydroxylation is 1. The lowest BCUT2D eigenvalue weighted by molar-refractivity contribution is -0.119. The highest BCUT2D eigenvalue weighted by atomic mass is 19.3. The Kier molecular flexibility index (Phi) is 6.29. The molecule has 2 amide bonds. The summed E-state index contributed by atoms with van der Waals surface area (Å²) >= 11 is 0. The zero-order valence-corrected chi connectivity index (χ0v) is 21.0. The van der Waals surface area contributed by atoms with E-state index in [1.807, 2.05) is 32.9 Å². The van der Waals surface area contributed by atoms with Gasteiger partial charge in [-0.25, -0.2) is 13.8 Å². The second-order valence-corrected chi connectivity index (χ2v) is 10.8. The zero-order valence-electron chi connectivity index (χ0n) is 21.0. The van der Waals surface area contributed by atoms with Crippen molar-refractivity contribution in [3.63, 3.8) is 0 Å². The summed E-state index contributed by atoms with van der Waals surface area (Å²) in [6, 6.07) is 9.30. The number of carbonyl (C=O) groups excluding carboxylic acids is 2. The zero-order chi connectivity index (χ0) is 26.4. The molecule has 3 aromatic rings. The lowest BCUT2D eigenvalue weighted by atomic mass is 9.94. The molecule has 37 heavy (non-hydrogen) atoms. The highest BCUT2D eigenvalue weighted by Gasteiger charge is 2.61. The smallest absolute Gasteiger partial charge is 0.315 e. The van der Waals surface area contributed by atoms with Crippen molar-refractivity contribution in [2.75, 3.05) is 5.32 Å². The van der Waals surface area contributed by atoms with Gasteiger partial charge >= 0.3 is 11.8 Å². The number of nitrogens with one attached hydrogen (secondary N) is 2. The van der Waals surface area contributed by atoms with Gasteiger partial charge in [-0.1, -0.05) is 50.5 Å². The van der Waals surface area contributed by atoms with Crippen LogP contribution in [0.1, 0.15) is 80.1 Å². The summed E-state index contributed by atoms with van der Waals surface area (Å²) in [7, 11) is 0. The van der Waals surface area contributed by atoms with Crippen molar-refractivity contribution in [2.45, 2.75) is 70.3 Å². The normalized spacial score (nSPS) is 20.5. The summed E-state index contributed by atoms with van der Waals surface area (Å²) in [5.41, 5.74) is 3.53. The number of pyridine rings is 1. The summed E-state index contributed by atoms with van der Waals surface area (Å²) in [6.07, 6.45) is 4.69. The molecule has 0 spiro atoms. The Morgan fingerprint density at radius 3 is 2.57 bits per heavy atom. The number of nitrogens with zero attached hydrogens (tertiary/aromatic N) is 3. The minimum absolute atomic E-state index is 0.0531. The van der Waals surface area contributed by atoms with Gasteiger partial charge in [0, 0.05) is 18.0 Å². The highest BCUT2D eigenvalue weighted by molar-refractivity contribution is 5.95. The summed E-state index contributed by atoms with van der Waals surface area (Å²) < 4.78 is 31.7. The van der Waals surface area contributed by atoms with Gasteiger partial charge in [-0.2, -0.15) is 4.98 Å². The number of fused-ring (bicyclic) bond motifs is 1. The molecule has 2 atom stereocenters. The maximum Gasteiger partial charge on any atom is 0.315 e. The van der Waals surface area contributed by atoms with Crippen LogP contribution in [0.2, 0.25) is 0 Å². The average Bonchev–Trinajstić information content (AvgIpc) is 3.28. The van der Waals surface area contributed by atoms with Gasteiger partial charge in [-0.15, -0.1) is 0 Å². The predicted molar refractivity (Wildman–Crippen MR) is 132 cm³/mol. The monoisotopic (exact) mass is 509 g/mol. The minimum Gasteiger partial charge on any atom is -0.341 e. The van der Waals surface area contributed by atoms with Gasteiger partial charge in [0.05, 0.1) is 6.04 Å². The molecule has 0 aliphatic heterocycles. The standard InChI is InChI=1S/C27H29F2N5O3/c1-26(2,3)25-33-24(37-34-25)23(36)31-20-7-5-4-6-17-12-15(8-9-18(17)20)16-10-11-30-21(13-16)32-22(35)19-14-27(19,28)29/h8-13,19-20H,4-7,14H2,1-3H3,(H,31,36)(H,30,32,35). The summed E-state index contributed by atoms with van der Waals surface area (Å²) in [6.45, 7) is 5.85. The number of aromatic nitrogens is 3. The average molecular weight is 510 g/mol. The first-order chi connectivity index (χ1) is 17.5. The Balaban J connectivity index is 1.34. The lowest BCUT2D eigenvalue weighted by Gasteiger charge is -2.19. The summed E-state index contributed by atoms with van der Waals surface area (Å²) in [4.78, 5) is 33.3. The first-order valence-electron chi connectivity index (χ1n) is 12.4. The van der Waals surface area contributed by atoms with Crippen LogP contribution < -0.4 is 10.6 Å². The Morgan fingerprint density at radius 2 is 1.86 bits per heavy atom. The van der Waals surface area contributed by atoms with Crippen LogP contribution in [0.5, 0.6) is 0 Å². The van der Waals surface area contributed by atoms with Gasteiger partial charge in [0.25, 0.3) is 5.92 Å². The van der Waals surface area contributed by atoms with Crippen molar-refractivity contribution in [1.82, 2.24) is 20.4 Å². The molecule has 2 aliphatic carbocycles. The Morgan fingerprint density at radius 1 is 1.11 bits per heavy atom. The van der Waals surface area contributed by atoms with E-state index < -0.39 is 30.1 Å². The number of halogens is 2. The van der Waals surface area contributed by atoms with Crippen LogP contribution in [0.25, 0.3) is 11.1 Å². The van der Waals surface area contributed by atoms with Gasteiger partial charge in [0.15, 0.2) is 5.82 Å². The first kappa shape index (κ1) is 25.0. The Hall–Kier alpha value is -3.69. The second-order valence-electron chi connectivity index (χ2n) is 10.8. The maximum atomic E-state index is 13.2. The third-order valence-corrected chi connectivity index (χ3v) is 6.79. The molecule has 1 fully saturated rings. The van der Waals surface area contributed by atoms with Crippen LogP contribution >= 0.6 is 0 Å². The van der Waals surface area contributed by atoms with Crippen molar-refractivity contribution in [3.05, 3.63) is 59.4 Å². The second kappa shape index (κ2) is 9.32. The molecule has 2 aliphatic rings. The number of alkyl halides is 2. The summed E-state index contributed by atoms with van der Waals surface area (Å²) in [5, 5.41) is 9.49. The van der Waals surface area contributed by atoms with Gasteiger partial charge in [0.2, 0.25) is 5.91 Å². The van der Waals surface area contributed by atoms with E-state index in [0.717, 1.165) is 47.9 Å². The molecular weight excluding hydrogens is 480 g/mol. The molecule has 1 saturated carbocycles. The van der Waals surface area contributed by atoms with E-state index in [2.05, 4.69) is 31.8 Å². The molecule has 0 bridgehead atoms.